The number of benzene rings is 1. The van der Waals surface area contributed by atoms with Crippen LogP contribution in [0.4, 0.5) is 0 Å². The zero-order valence-corrected chi connectivity index (χ0v) is 14.9. The van der Waals surface area contributed by atoms with Crippen molar-refractivity contribution in [2.75, 3.05) is 26.2 Å². The monoisotopic (exact) mass is 311 g/mol. The maximum Gasteiger partial charge on any atom is 0.242 e. The van der Waals surface area contributed by atoms with Gasteiger partial charge in [0, 0.05) is 23.6 Å². The number of nitrogens with one attached hydrogen (secondary N) is 2. The van der Waals surface area contributed by atoms with Crippen LogP contribution >= 0.6 is 0 Å². The van der Waals surface area contributed by atoms with Crippen molar-refractivity contribution in [3.8, 4) is 0 Å². The zero-order chi connectivity index (χ0) is 16.0. The highest BCUT2D eigenvalue weighted by molar-refractivity contribution is 5.85. The Labute approximate surface area is 138 Å². The smallest absolute Gasteiger partial charge is 0.242 e. The summed E-state index contributed by atoms with van der Waals surface area (Å²) in [5.41, 5.74) is 5.61. The number of rotatable bonds is 1. The molecule has 4 bridgehead atoms. The summed E-state index contributed by atoms with van der Waals surface area (Å²) in [5, 5.41) is 1.49. The Morgan fingerprint density at radius 3 is 2.17 bits per heavy atom. The van der Waals surface area contributed by atoms with Gasteiger partial charge in [0.1, 0.15) is 0 Å². The first-order chi connectivity index (χ1) is 10.9. The predicted octanol–water partition coefficient (Wildman–Crippen LogP) is 0.699. The number of hydrogen-bond donors (Lipinski definition) is 2. The number of fused-ring (bicyclic) bond motifs is 1. The van der Waals surface area contributed by atoms with E-state index in [0.717, 1.165) is 0 Å². The molecule has 3 heteroatoms. The summed E-state index contributed by atoms with van der Waals surface area (Å²) in [4.78, 5) is 3.68. The zero-order valence-electron chi connectivity index (χ0n) is 14.9. The first-order valence-electron chi connectivity index (χ1n) is 9.12. The SMILES string of the molecule is Cc1c(C2[NH+]3CC4(C)C[NH+]2CC(C)(C3)C4)c2ccccc2n1C. The molecule has 4 saturated heterocycles. The second-order valence-electron chi connectivity index (χ2n) is 9.33. The molecule has 0 atom stereocenters. The molecule has 0 spiro atoms. The summed E-state index contributed by atoms with van der Waals surface area (Å²) in [6, 6.07) is 9.00. The molecule has 4 aliphatic rings. The number of aryl methyl sites for hydroxylation is 1. The lowest BCUT2D eigenvalue weighted by Gasteiger charge is -2.60. The number of nitrogens with zero attached hydrogens (tertiary/aromatic N) is 1. The highest BCUT2D eigenvalue weighted by atomic mass is 15.4. The molecule has 4 aliphatic heterocycles. The standard InChI is InChI=1S/C20H27N3/c1-14-17(15-7-5-6-8-16(15)21(14)4)18-22-10-19(2)9-20(3,12-22)13-23(18)11-19/h5-8,18H,9-13H2,1-4H3/p+2. The van der Waals surface area contributed by atoms with Crippen LogP contribution in [0, 0.1) is 17.8 Å². The molecule has 0 saturated carbocycles. The summed E-state index contributed by atoms with van der Waals surface area (Å²) in [6.45, 7) is 12.8. The molecule has 1 aromatic heterocycles. The fraction of sp³-hybridized carbons (Fsp3) is 0.600. The van der Waals surface area contributed by atoms with Crippen LogP contribution in [0.2, 0.25) is 0 Å². The summed E-state index contributed by atoms with van der Waals surface area (Å²) in [6.07, 6.45) is 2.08. The van der Waals surface area contributed by atoms with E-state index < -0.39 is 0 Å². The lowest BCUT2D eigenvalue weighted by molar-refractivity contribution is -1.18. The minimum Gasteiger partial charge on any atom is -0.347 e. The van der Waals surface area contributed by atoms with Gasteiger partial charge in [-0.1, -0.05) is 18.2 Å². The van der Waals surface area contributed by atoms with E-state index in [-0.39, 0.29) is 0 Å². The van der Waals surface area contributed by atoms with Crippen molar-refractivity contribution in [3.05, 3.63) is 35.5 Å². The molecule has 2 aromatic rings. The molecule has 1 aromatic carbocycles. The van der Waals surface area contributed by atoms with Crippen molar-refractivity contribution in [2.24, 2.45) is 17.9 Å². The van der Waals surface area contributed by atoms with E-state index in [0.29, 0.717) is 17.0 Å². The van der Waals surface area contributed by atoms with Gasteiger partial charge in [0.2, 0.25) is 6.17 Å². The van der Waals surface area contributed by atoms with Gasteiger partial charge in [-0.2, -0.15) is 0 Å². The second kappa shape index (κ2) is 4.20. The Morgan fingerprint density at radius 1 is 1.00 bits per heavy atom. The van der Waals surface area contributed by atoms with Crippen molar-refractivity contribution in [2.45, 2.75) is 33.4 Å². The number of hydrogen-bond acceptors (Lipinski definition) is 0. The van der Waals surface area contributed by atoms with Crippen molar-refractivity contribution >= 4 is 10.9 Å². The minimum absolute atomic E-state index is 0.560. The Balaban J connectivity index is 1.68. The third kappa shape index (κ3) is 1.78. The molecular weight excluding hydrogens is 282 g/mol. The van der Waals surface area contributed by atoms with Crippen LogP contribution < -0.4 is 9.80 Å². The van der Waals surface area contributed by atoms with Crippen LogP contribution in [0.15, 0.2) is 24.3 Å². The Morgan fingerprint density at radius 2 is 1.57 bits per heavy atom. The van der Waals surface area contributed by atoms with Crippen LogP contribution in [0.1, 0.15) is 37.7 Å². The number of para-hydroxylation sites is 1. The highest BCUT2D eigenvalue weighted by Crippen LogP contribution is 2.40. The van der Waals surface area contributed by atoms with Crippen molar-refractivity contribution in [1.82, 2.24) is 4.57 Å². The maximum atomic E-state index is 2.54. The molecule has 0 radical (unpaired) electrons. The van der Waals surface area contributed by atoms with Crippen LogP contribution in [0.5, 0.6) is 0 Å². The van der Waals surface area contributed by atoms with E-state index in [1.165, 1.54) is 49.2 Å². The van der Waals surface area contributed by atoms with Crippen LogP contribution in [-0.2, 0) is 7.05 Å². The van der Waals surface area contributed by atoms with Gasteiger partial charge in [0.15, 0.2) is 0 Å². The van der Waals surface area contributed by atoms with Crippen LogP contribution in [0.3, 0.4) is 0 Å². The van der Waals surface area contributed by atoms with Crippen molar-refractivity contribution < 1.29 is 9.80 Å². The summed E-state index contributed by atoms with van der Waals surface area (Å²) in [7, 11) is 2.23. The molecule has 0 unspecified atom stereocenters. The lowest BCUT2D eigenvalue weighted by Crippen LogP contribution is -3.40. The lowest BCUT2D eigenvalue weighted by atomic mass is 9.63. The van der Waals surface area contributed by atoms with Gasteiger partial charge in [-0.25, -0.2) is 0 Å². The van der Waals surface area contributed by atoms with Crippen molar-refractivity contribution in [3.63, 3.8) is 0 Å². The molecule has 122 valence electrons. The van der Waals surface area contributed by atoms with Gasteiger partial charge in [0.05, 0.1) is 42.6 Å². The third-order valence-electron chi connectivity index (χ3n) is 7.02. The van der Waals surface area contributed by atoms with E-state index in [1.54, 1.807) is 5.56 Å². The molecule has 0 aliphatic carbocycles. The number of piperidine rings is 2. The molecule has 5 heterocycles. The quantitative estimate of drug-likeness (QED) is 0.770. The van der Waals surface area contributed by atoms with Gasteiger partial charge < -0.3 is 4.57 Å². The summed E-state index contributed by atoms with van der Waals surface area (Å²) >= 11 is 0. The summed E-state index contributed by atoms with van der Waals surface area (Å²) < 4.78 is 2.40. The first kappa shape index (κ1) is 14.1. The Bertz CT molecular complexity index is 767. The van der Waals surface area contributed by atoms with Crippen molar-refractivity contribution in [1.29, 1.82) is 0 Å². The molecule has 23 heavy (non-hydrogen) atoms. The minimum atomic E-state index is 0.560. The fourth-order valence-corrected chi connectivity index (χ4v) is 6.74. The first-order valence-corrected chi connectivity index (χ1v) is 9.12. The number of aromatic nitrogens is 1. The molecule has 4 fully saturated rings. The van der Waals surface area contributed by atoms with E-state index in [1.807, 2.05) is 9.80 Å². The average molecular weight is 311 g/mol. The van der Waals surface area contributed by atoms with E-state index >= 15 is 0 Å². The Hall–Kier alpha value is -1.32. The van der Waals surface area contributed by atoms with Gasteiger partial charge in [0.25, 0.3) is 0 Å². The molecular formula is C20H29N3+2. The topological polar surface area (TPSA) is 13.8 Å². The van der Waals surface area contributed by atoms with Gasteiger partial charge in [-0.15, -0.1) is 0 Å². The van der Waals surface area contributed by atoms with Gasteiger partial charge >= 0.3 is 0 Å². The second-order valence-corrected chi connectivity index (χ2v) is 9.33. The summed E-state index contributed by atoms with van der Waals surface area (Å²) in [5.74, 6) is 0. The largest absolute Gasteiger partial charge is 0.347 e. The van der Waals surface area contributed by atoms with Crippen LogP contribution in [0.25, 0.3) is 10.9 Å². The molecule has 0 amide bonds. The number of quaternary nitrogens is 2. The predicted molar refractivity (Wildman–Crippen MR) is 92.6 cm³/mol. The Kier molecular flexibility index (Phi) is 2.57. The molecule has 2 N–H and O–H groups in total. The van der Waals surface area contributed by atoms with Crippen LogP contribution in [-0.4, -0.2) is 30.7 Å². The van der Waals surface area contributed by atoms with E-state index in [9.17, 15) is 0 Å². The molecule has 3 nitrogen and oxygen atoms in total. The fourth-order valence-electron chi connectivity index (χ4n) is 6.74. The maximum absolute atomic E-state index is 2.54. The highest BCUT2D eigenvalue weighted by Gasteiger charge is 2.63. The average Bonchev–Trinajstić information content (AvgIpc) is 2.70. The third-order valence-corrected chi connectivity index (χ3v) is 7.02. The molecule has 6 rings (SSSR count). The van der Waals surface area contributed by atoms with Gasteiger partial charge in [-0.05, 0) is 33.3 Å². The van der Waals surface area contributed by atoms with Gasteiger partial charge in [-0.3, -0.25) is 9.80 Å². The normalized spacial score (nSPS) is 41.8. The van der Waals surface area contributed by atoms with E-state index in [2.05, 4.69) is 56.7 Å². The van der Waals surface area contributed by atoms with E-state index in [4.69, 9.17) is 0 Å².